The summed E-state index contributed by atoms with van der Waals surface area (Å²) < 4.78 is 14.1. The Morgan fingerprint density at radius 3 is 2.44 bits per heavy atom. The van der Waals surface area contributed by atoms with Gasteiger partial charge >= 0.3 is 0 Å². The molecule has 0 nitrogen and oxygen atoms in total. The van der Waals surface area contributed by atoms with Gasteiger partial charge in [0.15, 0.2) is 0 Å². The van der Waals surface area contributed by atoms with Crippen molar-refractivity contribution in [3.63, 3.8) is 0 Å². The highest BCUT2D eigenvalue weighted by Crippen LogP contribution is 2.36. The van der Waals surface area contributed by atoms with Gasteiger partial charge < -0.3 is 0 Å². The van der Waals surface area contributed by atoms with Crippen LogP contribution in [0.2, 0.25) is 0 Å². The second-order valence-electron chi connectivity index (χ2n) is 4.80. The molecule has 2 rings (SSSR count). The van der Waals surface area contributed by atoms with Crippen molar-refractivity contribution in [2.75, 3.05) is 0 Å². The van der Waals surface area contributed by atoms with Crippen LogP contribution in [0.3, 0.4) is 0 Å². The molecule has 0 N–H and O–H groups in total. The molecule has 0 fully saturated rings. The van der Waals surface area contributed by atoms with Crippen molar-refractivity contribution in [2.24, 2.45) is 5.92 Å². The van der Waals surface area contributed by atoms with Gasteiger partial charge in [-0.1, -0.05) is 56.3 Å². The van der Waals surface area contributed by atoms with Crippen molar-refractivity contribution in [1.29, 1.82) is 0 Å². The van der Waals surface area contributed by atoms with Gasteiger partial charge in [-0.15, -0.1) is 0 Å². The minimum Gasteiger partial charge on any atom is -0.207 e. The zero-order chi connectivity index (χ0) is 13.1. The molecule has 0 unspecified atom stereocenters. The third-order valence-electron chi connectivity index (χ3n) is 3.22. The van der Waals surface area contributed by atoms with Crippen LogP contribution < -0.4 is 0 Å². The molecule has 0 saturated carbocycles. The largest absolute Gasteiger partial charge is 0.207 e. The second-order valence-corrected chi connectivity index (χ2v) is 4.80. The summed E-state index contributed by atoms with van der Waals surface area (Å²) in [4.78, 5) is 0. The number of benzene rings is 1. The summed E-state index contributed by atoms with van der Waals surface area (Å²) in [6.45, 7) is 7.93. The van der Waals surface area contributed by atoms with Crippen LogP contribution >= 0.6 is 0 Å². The van der Waals surface area contributed by atoms with Crippen molar-refractivity contribution in [2.45, 2.75) is 20.3 Å². The zero-order valence-corrected chi connectivity index (χ0v) is 10.9. The summed E-state index contributed by atoms with van der Waals surface area (Å²) in [6.07, 6.45) is 6.24. The summed E-state index contributed by atoms with van der Waals surface area (Å²) in [5.41, 5.74) is 3.83. The number of halogens is 1. The van der Waals surface area contributed by atoms with E-state index in [1.54, 1.807) is 12.2 Å². The van der Waals surface area contributed by atoms with Crippen LogP contribution in [0.25, 0.3) is 11.6 Å². The lowest BCUT2D eigenvalue weighted by Gasteiger charge is -2.21. The predicted octanol–water partition coefficient (Wildman–Crippen LogP) is 5.20. The molecule has 1 radical (unpaired) electrons. The van der Waals surface area contributed by atoms with Crippen LogP contribution in [0.1, 0.15) is 31.4 Å². The van der Waals surface area contributed by atoms with Gasteiger partial charge in [0.25, 0.3) is 0 Å². The van der Waals surface area contributed by atoms with Gasteiger partial charge in [0.1, 0.15) is 5.83 Å². The fourth-order valence-corrected chi connectivity index (χ4v) is 2.25. The maximum atomic E-state index is 14.1. The minimum absolute atomic E-state index is 0.104. The average molecular weight is 241 g/mol. The molecule has 1 aromatic rings. The Hall–Kier alpha value is -1.63. The zero-order valence-electron chi connectivity index (χ0n) is 10.9. The first-order chi connectivity index (χ1) is 8.63. The summed E-state index contributed by atoms with van der Waals surface area (Å²) >= 11 is 0. The summed E-state index contributed by atoms with van der Waals surface area (Å²) in [6, 6.07) is 7.85. The first kappa shape index (κ1) is 12.8. The maximum Gasteiger partial charge on any atom is 0.127 e. The van der Waals surface area contributed by atoms with E-state index in [1.807, 2.05) is 24.3 Å². The highest BCUT2D eigenvalue weighted by Gasteiger charge is 2.19. The molecule has 0 bridgehead atoms. The lowest BCUT2D eigenvalue weighted by atomic mass is 9.85. The van der Waals surface area contributed by atoms with Crippen LogP contribution in [-0.2, 0) is 0 Å². The highest BCUT2D eigenvalue weighted by atomic mass is 19.1. The Bertz CT molecular complexity index is 501. The van der Waals surface area contributed by atoms with Gasteiger partial charge in [-0.3, -0.25) is 0 Å². The Labute approximate surface area is 109 Å². The van der Waals surface area contributed by atoms with Gasteiger partial charge in [-0.2, -0.15) is 0 Å². The molecule has 1 aromatic carbocycles. The second kappa shape index (κ2) is 5.34. The van der Waals surface area contributed by atoms with E-state index in [4.69, 9.17) is 0 Å². The van der Waals surface area contributed by atoms with E-state index in [2.05, 4.69) is 26.8 Å². The first-order valence-corrected chi connectivity index (χ1v) is 6.29. The van der Waals surface area contributed by atoms with E-state index in [1.165, 1.54) is 0 Å². The third-order valence-corrected chi connectivity index (χ3v) is 3.22. The lowest BCUT2D eigenvalue weighted by Crippen LogP contribution is -2.05. The molecule has 1 heteroatoms. The van der Waals surface area contributed by atoms with Crippen molar-refractivity contribution in [3.8, 4) is 0 Å². The van der Waals surface area contributed by atoms with Crippen LogP contribution in [0.5, 0.6) is 0 Å². The maximum absolute atomic E-state index is 14.1. The lowest BCUT2D eigenvalue weighted by molar-refractivity contribution is 0.653. The molecule has 0 aromatic heterocycles. The van der Waals surface area contributed by atoms with Crippen molar-refractivity contribution >= 4 is 11.6 Å². The van der Waals surface area contributed by atoms with Crippen molar-refractivity contribution < 1.29 is 4.39 Å². The smallest absolute Gasteiger partial charge is 0.127 e. The van der Waals surface area contributed by atoms with Crippen molar-refractivity contribution in [1.82, 2.24) is 0 Å². The average Bonchev–Trinajstić information content (AvgIpc) is 2.38. The minimum atomic E-state index is -0.104. The quantitative estimate of drug-likeness (QED) is 0.682. The van der Waals surface area contributed by atoms with Crippen molar-refractivity contribution in [3.05, 3.63) is 65.9 Å². The van der Waals surface area contributed by atoms with Crippen LogP contribution in [0.4, 0.5) is 4.39 Å². The van der Waals surface area contributed by atoms with Gasteiger partial charge in [-0.05, 0) is 36.0 Å². The van der Waals surface area contributed by atoms with Crippen LogP contribution in [-0.4, -0.2) is 0 Å². The topological polar surface area (TPSA) is 0 Å². The Balaban J connectivity index is 2.49. The van der Waals surface area contributed by atoms with Gasteiger partial charge in [0.2, 0.25) is 0 Å². The molecular formula is C17H18F. The Morgan fingerprint density at radius 1 is 1.22 bits per heavy atom. The molecule has 1 aliphatic carbocycles. The number of allylic oxidation sites excluding steroid dienone is 4. The summed E-state index contributed by atoms with van der Waals surface area (Å²) in [5, 5.41) is 0. The fourth-order valence-electron chi connectivity index (χ4n) is 2.25. The Kier molecular flexibility index (Phi) is 3.81. The standard InChI is InChI=1S/C17H18F/c1-4-13-8-10-14(11-9-13)17-15(12(2)3)6-5-7-16(17)18/h4,6-12H,1,5H2,2-3H3. The van der Waals surface area contributed by atoms with E-state index in [-0.39, 0.29) is 5.83 Å². The highest BCUT2D eigenvalue weighted by molar-refractivity contribution is 5.82. The van der Waals surface area contributed by atoms with Gasteiger partial charge in [0, 0.05) is 5.57 Å². The third kappa shape index (κ3) is 2.45. The molecule has 0 atom stereocenters. The SMILES string of the molecule is C=Cc1ccc(C2=C(C(C)C)[CH]CC=C2F)cc1. The molecule has 0 spiro atoms. The predicted molar refractivity (Wildman–Crippen MR) is 76.4 cm³/mol. The molecule has 93 valence electrons. The fraction of sp³-hybridized carbons (Fsp3) is 0.235. The van der Waals surface area contributed by atoms with Gasteiger partial charge in [-0.25, -0.2) is 4.39 Å². The number of rotatable bonds is 3. The van der Waals surface area contributed by atoms with E-state index in [0.29, 0.717) is 12.3 Å². The van der Waals surface area contributed by atoms with Crippen LogP contribution in [0.15, 0.2) is 48.3 Å². The van der Waals surface area contributed by atoms with E-state index in [9.17, 15) is 4.39 Å². The Morgan fingerprint density at radius 2 is 1.89 bits per heavy atom. The number of hydrogen-bond donors (Lipinski definition) is 0. The summed E-state index contributed by atoms with van der Waals surface area (Å²) in [5.74, 6) is 0.228. The van der Waals surface area contributed by atoms with E-state index >= 15 is 0 Å². The number of hydrogen-bond acceptors (Lipinski definition) is 0. The van der Waals surface area contributed by atoms with Gasteiger partial charge in [0.05, 0.1) is 0 Å². The molecule has 0 amide bonds. The molecule has 0 saturated heterocycles. The normalized spacial score (nSPS) is 15.9. The molecular weight excluding hydrogens is 223 g/mol. The molecule has 0 aliphatic heterocycles. The van der Waals surface area contributed by atoms with E-state index in [0.717, 1.165) is 22.3 Å². The molecule has 18 heavy (non-hydrogen) atoms. The van der Waals surface area contributed by atoms with E-state index < -0.39 is 0 Å². The molecule has 0 heterocycles. The molecule has 1 aliphatic rings. The monoisotopic (exact) mass is 241 g/mol. The first-order valence-electron chi connectivity index (χ1n) is 6.29. The van der Waals surface area contributed by atoms with Crippen LogP contribution in [0, 0.1) is 12.3 Å². The summed E-state index contributed by atoms with van der Waals surface area (Å²) in [7, 11) is 0.